The number of rotatable bonds is 5. The lowest BCUT2D eigenvalue weighted by Gasteiger charge is -2.45. The number of aliphatic carboxylic acids is 1. The number of aliphatic hydroxyl groups is 6. The van der Waals surface area contributed by atoms with E-state index in [1.54, 1.807) is 55.5 Å². The molecule has 3 aliphatic heterocycles. The zero-order chi connectivity index (χ0) is 40.7. The van der Waals surface area contributed by atoms with Crippen LogP contribution in [0.5, 0.6) is 0 Å². The van der Waals surface area contributed by atoms with E-state index in [9.17, 15) is 50.1 Å². The van der Waals surface area contributed by atoms with Gasteiger partial charge in [-0.05, 0) is 25.7 Å². The Morgan fingerprint density at radius 3 is 2.27 bits per heavy atom. The molecule has 0 amide bonds. The van der Waals surface area contributed by atoms with Crippen molar-refractivity contribution >= 4 is 17.7 Å². The zero-order valence-electron chi connectivity index (χ0n) is 31.9. The molecule has 55 heavy (non-hydrogen) atoms. The summed E-state index contributed by atoms with van der Waals surface area (Å²) in [5, 5.41) is 74.7. The predicted octanol–water partition coefficient (Wildman–Crippen LogP) is 1.87. The molecule has 0 radical (unpaired) electrons. The van der Waals surface area contributed by atoms with Crippen LogP contribution in [0, 0.1) is 11.8 Å². The van der Waals surface area contributed by atoms with E-state index in [2.05, 4.69) is 0 Å². The number of ether oxygens (including phenoxy) is 4. The quantitative estimate of drug-likeness (QED) is 0.185. The molecule has 3 heterocycles. The second kappa shape index (κ2) is 22.6. The molecule has 2 bridgehead atoms. The molecular weight excluding hydrogens is 718 g/mol. The molecule has 0 saturated carbocycles. The Morgan fingerprint density at radius 2 is 1.62 bits per heavy atom. The van der Waals surface area contributed by atoms with Crippen LogP contribution in [0.15, 0.2) is 60.8 Å². The number of allylic oxidation sites excluding steroid dienone is 8. The molecule has 0 aromatic rings. The number of carbonyl (C=O) groups excluding carboxylic acids is 2. The van der Waals surface area contributed by atoms with Gasteiger partial charge in [-0.25, -0.2) is 0 Å². The van der Waals surface area contributed by atoms with Crippen molar-refractivity contribution in [2.45, 2.75) is 158 Å². The van der Waals surface area contributed by atoms with Gasteiger partial charge in [0.05, 0.1) is 55.2 Å². The summed E-state index contributed by atoms with van der Waals surface area (Å²) in [6.45, 7) is 5.51. The molecular formula is C40H61NO14. The Hall–Kier alpha value is -3.09. The maximum atomic E-state index is 12.6. The molecule has 0 aromatic carbocycles. The molecule has 15 heteroatoms. The Bertz CT molecular complexity index is 1380. The Balaban J connectivity index is 1.88. The van der Waals surface area contributed by atoms with Gasteiger partial charge in [-0.3, -0.25) is 14.4 Å². The molecule has 2 fully saturated rings. The molecule has 310 valence electrons. The van der Waals surface area contributed by atoms with Gasteiger partial charge in [0.15, 0.2) is 12.1 Å². The highest BCUT2D eigenvalue weighted by molar-refractivity contribution is 5.80. The molecule has 3 aliphatic rings. The number of carboxylic acids is 1. The number of nitrogens with two attached hydrogens (primary N) is 1. The van der Waals surface area contributed by atoms with Gasteiger partial charge in [0.2, 0.25) is 0 Å². The third-order valence-electron chi connectivity index (χ3n) is 10.3. The van der Waals surface area contributed by atoms with E-state index in [0.717, 1.165) is 6.42 Å². The maximum Gasteiger partial charge on any atom is 0.311 e. The van der Waals surface area contributed by atoms with Crippen LogP contribution >= 0.6 is 0 Å². The summed E-state index contributed by atoms with van der Waals surface area (Å²) in [6, 6.07) is -1.10. The van der Waals surface area contributed by atoms with Crippen molar-refractivity contribution in [3.8, 4) is 0 Å². The number of esters is 1. The topological polar surface area (TPSA) is 256 Å². The highest BCUT2D eigenvalue weighted by Crippen LogP contribution is 2.38. The van der Waals surface area contributed by atoms with Crippen LogP contribution in [0.25, 0.3) is 0 Å². The normalized spacial score (nSPS) is 40.5. The minimum absolute atomic E-state index is 0.0218. The largest absolute Gasteiger partial charge is 0.481 e. The van der Waals surface area contributed by atoms with Crippen LogP contribution < -0.4 is 5.73 Å². The molecule has 0 aliphatic carbocycles. The van der Waals surface area contributed by atoms with E-state index in [1.807, 2.05) is 26.0 Å². The van der Waals surface area contributed by atoms with Gasteiger partial charge in [-0.2, -0.15) is 0 Å². The van der Waals surface area contributed by atoms with E-state index < -0.39 is 104 Å². The fourth-order valence-corrected chi connectivity index (χ4v) is 6.89. The first kappa shape index (κ1) is 46.3. The van der Waals surface area contributed by atoms with Gasteiger partial charge in [-0.1, -0.05) is 81.0 Å². The van der Waals surface area contributed by atoms with Crippen LogP contribution in [0.3, 0.4) is 0 Å². The third kappa shape index (κ3) is 15.1. The van der Waals surface area contributed by atoms with Gasteiger partial charge in [0, 0.05) is 38.5 Å². The van der Waals surface area contributed by atoms with Crippen LogP contribution in [0.1, 0.15) is 85.0 Å². The fourth-order valence-electron chi connectivity index (χ4n) is 6.89. The van der Waals surface area contributed by atoms with E-state index in [4.69, 9.17) is 24.7 Å². The Labute approximate surface area is 322 Å². The number of carbonyl (C=O) groups is 3. The smallest absolute Gasteiger partial charge is 0.311 e. The van der Waals surface area contributed by atoms with Crippen molar-refractivity contribution in [1.29, 1.82) is 0 Å². The van der Waals surface area contributed by atoms with Crippen molar-refractivity contribution in [2.75, 3.05) is 0 Å². The molecule has 0 aromatic heterocycles. The monoisotopic (exact) mass is 779 g/mol. The zero-order valence-corrected chi connectivity index (χ0v) is 31.9. The van der Waals surface area contributed by atoms with Crippen molar-refractivity contribution in [3.05, 3.63) is 60.8 Å². The second-order valence-corrected chi connectivity index (χ2v) is 14.9. The minimum Gasteiger partial charge on any atom is -0.481 e. The fraction of sp³-hybridized carbons (Fsp3) is 0.675. The van der Waals surface area contributed by atoms with Gasteiger partial charge >= 0.3 is 11.9 Å². The Kier molecular flexibility index (Phi) is 19.0. The number of aliphatic hydroxyl groups excluding tert-OH is 5. The average molecular weight is 780 g/mol. The number of carboxylic acid groups (broad SMARTS) is 1. The predicted molar refractivity (Wildman–Crippen MR) is 200 cm³/mol. The van der Waals surface area contributed by atoms with Gasteiger partial charge < -0.3 is 60.4 Å². The van der Waals surface area contributed by atoms with Crippen LogP contribution in [-0.2, 0) is 33.3 Å². The molecule has 3 rings (SSSR count). The number of cyclic esters (lactones) is 1. The maximum absolute atomic E-state index is 12.6. The van der Waals surface area contributed by atoms with Crippen molar-refractivity contribution < 1.29 is 69.1 Å². The lowest BCUT2D eigenvalue weighted by Crippen LogP contribution is -2.61. The van der Waals surface area contributed by atoms with E-state index in [0.29, 0.717) is 6.42 Å². The average Bonchev–Trinajstić information content (AvgIpc) is 3.09. The van der Waals surface area contributed by atoms with Gasteiger partial charge in [0.25, 0.3) is 0 Å². The summed E-state index contributed by atoms with van der Waals surface area (Å²) < 4.78 is 23.3. The van der Waals surface area contributed by atoms with Crippen molar-refractivity contribution in [3.63, 3.8) is 0 Å². The molecule has 2 saturated heterocycles. The van der Waals surface area contributed by atoms with Gasteiger partial charge in [-0.15, -0.1) is 0 Å². The molecule has 14 atom stereocenters. The van der Waals surface area contributed by atoms with E-state index in [-0.39, 0.29) is 50.2 Å². The minimum atomic E-state index is -2.16. The molecule has 9 N–H and O–H groups in total. The van der Waals surface area contributed by atoms with E-state index in [1.165, 1.54) is 0 Å². The molecule has 15 nitrogen and oxygen atoms in total. The number of Topliss-reactive ketones (excluding diaryl/α,β-unsaturated/α-hetero) is 1. The van der Waals surface area contributed by atoms with Crippen molar-refractivity contribution in [1.82, 2.24) is 0 Å². The summed E-state index contributed by atoms with van der Waals surface area (Å²) in [4.78, 5) is 37.6. The first-order valence-corrected chi connectivity index (χ1v) is 19.2. The number of hydrogen-bond acceptors (Lipinski definition) is 14. The molecule has 9 unspecified atom stereocenters. The first-order valence-electron chi connectivity index (χ1n) is 19.2. The number of ketones is 1. The Morgan fingerprint density at radius 1 is 0.964 bits per heavy atom. The first-order chi connectivity index (χ1) is 26.0. The summed E-state index contributed by atoms with van der Waals surface area (Å²) in [7, 11) is 0. The number of fused-ring (bicyclic) bond motifs is 2. The highest BCUT2D eigenvalue weighted by atomic mass is 16.7. The van der Waals surface area contributed by atoms with Crippen LogP contribution in [-0.4, -0.2) is 127 Å². The standard InChI is InChI=1S/C40H61NO14/c1-4-24(2)31-18-13-11-9-7-5-6-8-10-12-17-29(53-39-37(48)35(41)36(47)25(3)52-39)21-32-34(38(49)50)30(45)23-40(51,55-32)22-27(43)16-14-15-26(42)19-28(44)20-33(46)54-31/h5-13,17,24-25,27-32,34-37,39,43-45,47-48,51H,4,14-16,18-23,41H2,1-3H3,(H,49,50)/b6-5-,9-7-,10-8-,13-11?,17-12?/t24?,25-,27?,28?,29?,30?,31?,32?,34?,35+,36-,37+,39+,40?/m1/s1. The van der Waals surface area contributed by atoms with Crippen LogP contribution in [0.2, 0.25) is 0 Å². The van der Waals surface area contributed by atoms with E-state index >= 15 is 0 Å². The van der Waals surface area contributed by atoms with Crippen LogP contribution in [0.4, 0.5) is 0 Å². The lowest BCUT2D eigenvalue weighted by atomic mass is 9.83. The summed E-state index contributed by atoms with van der Waals surface area (Å²) in [6.07, 6.45) is 5.42. The summed E-state index contributed by atoms with van der Waals surface area (Å²) >= 11 is 0. The van der Waals surface area contributed by atoms with Gasteiger partial charge in [0.1, 0.15) is 23.9 Å². The van der Waals surface area contributed by atoms with Crippen molar-refractivity contribution in [2.24, 2.45) is 17.6 Å². The molecule has 0 spiro atoms. The third-order valence-corrected chi connectivity index (χ3v) is 10.3. The number of hydrogen-bond donors (Lipinski definition) is 8. The summed E-state index contributed by atoms with van der Waals surface area (Å²) in [5.74, 6) is -5.93. The lowest BCUT2D eigenvalue weighted by molar-refractivity contribution is -0.308. The second-order valence-electron chi connectivity index (χ2n) is 14.9. The SMILES string of the molecule is CCC(C)C1CC=C\C=C/C=C\C=C/C=CC(O[C@@H]2O[C@H](C)[C@@H](O)[C@H](N)[C@@H]2O)CC2OC(O)(CC(O)CCCC(=O)CC(O)CC(=O)O1)CC(O)C2C(=O)O. The highest BCUT2D eigenvalue weighted by Gasteiger charge is 2.50. The summed E-state index contributed by atoms with van der Waals surface area (Å²) in [5.41, 5.74) is 6.00.